The van der Waals surface area contributed by atoms with Crippen LogP contribution in [0.2, 0.25) is 0 Å². The maximum Gasteiger partial charge on any atom is 0.222 e. The van der Waals surface area contributed by atoms with Gasteiger partial charge in [0.15, 0.2) is 0 Å². The molecule has 0 bridgehead atoms. The highest BCUT2D eigenvalue weighted by Gasteiger charge is 2.24. The molecule has 1 aliphatic heterocycles. The van der Waals surface area contributed by atoms with Gasteiger partial charge in [-0.3, -0.25) is 4.79 Å². The molecule has 3 N–H and O–H groups in total. The molecular weight excluding hydrogens is 334 g/mol. The Bertz CT molecular complexity index is 462. The molecule has 1 saturated heterocycles. The second kappa shape index (κ2) is 7.77. The van der Waals surface area contributed by atoms with Gasteiger partial charge in [-0.25, -0.2) is 0 Å². The highest BCUT2D eigenvalue weighted by molar-refractivity contribution is 9.10. The zero-order valence-corrected chi connectivity index (χ0v) is 13.8. The summed E-state index contributed by atoms with van der Waals surface area (Å²) in [5.74, 6) is 0.00922. The summed E-state index contributed by atoms with van der Waals surface area (Å²) in [6.07, 6.45) is 1.08. The number of amides is 1. The largest absolute Gasteiger partial charge is 0.380 e. The predicted molar refractivity (Wildman–Crippen MR) is 87.4 cm³/mol. The molecule has 21 heavy (non-hydrogen) atoms. The van der Waals surface area contributed by atoms with Gasteiger partial charge >= 0.3 is 0 Å². The lowest BCUT2D eigenvalue weighted by atomic mass is 10.2. The maximum atomic E-state index is 11.9. The molecule has 1 heterocycles. The third-order valence-electron chi connectivity index (χ3n) is 3.75. The summed E-state index contributed by atoms with van der Waals surface area (Å²) >= 11 is 3.44. The standard InChI is InChI=1S/C15H22BrN3O2/c1-21-14(9-17)8-15(20)18-12-6-7-19(10-12)13-4-2-11(16)3-5-13/h2-5,12,14H,6-10,17H2,1H3,(H,18,20). The summed E-state index contributed by atoms with van der Waals surface area (Å²) in [5.41, 5.74) is 6.72. The Morgan fingerprint density at radius 2 is 2.24 bits per heavy atom. The molecular formula is C15H22BrN3O2. The van der Waals surface area contributed by atoms with Crippen molar-refractivity contribution in [3.05, 3.63) is 28.7 Å². The van der Waals surface area contributed by atoms with Crippen molar-refractivity contribution in [1.82, 2.24) is 5.32 Å². The third kappa shape index (κ3) is 4.69. The van der Waals surface area contributed by atoms with Crippen molar-refractivity contribution in [1.29, 1.82) is 0 Å². The molecule has 0 saturated carbocycles. The Hall–Kier alpha value is -1.11. The van der Waals surface area contributed by atoms with E-state index in [9.17, 15) is 4.79 Å². The van der Waals surface area contributed by atoms with Crippen molar-refractivity contribution < 1.29 is 9.53 Å². The summed E-state index contributed by atoms with van der Waals surface area (Å²) in [6.45, 7) is 2.16. The Balaban J connectivity index is 1.82. The van der Waals surface area contributed by atoms with Gasteiger partial charge in [-0.1, -0.05) is 15.9 Å². The van der Waals surface area contributed by atoms with Gasteiger partial charge in [0.1, 0.15) is 0 Å². The SMILES string of the molecule is COC(CN)CC(=O)NC1CCN(c2ccc(Br)cc2)C1. The summed E-state index contributed by atoms with van der Waals surface area (Å²) in [4.78, 5) is 14.2. The normalized spacial score (nSPS) is 19.6. The van der Waals surface area contributed by atoms with E-state index in [2.05, 4.69) is 38.3 Å². The average Bonchev–Trinajstić information content (AvgIpc) is 2.94. The van der Waals surface area contributed by atoms with Gasteiger partial charge in [0.2, 0.25) is 5.91 Å². The summed E-state index contributed by atoms with van der Waals surface area (Å²) < 4.78 is 6.21. The van der Waals surface area contributed by atoms with Gasteiger partial charge in [-0.05, 0) is 30.7 Å². The molecule has 2 rings (SSSR count). The Morgan fingerprint density at radius 1 is 1.52 bits per heavy atom. The highest BCUT2D eigenvalue weighted by atomic mass is 79.9. The number of anilines is 1. The quantitative estimate of drug-likeness (QED) is 0.811. The van der Waals surface area contributed by atoms with Crippen LogP contribution in [-0.2, 0) is 9.53 Å². The van der Waals surface area contributed by atoms with Crippen molar-refractivity contribution in [3.8, 4) is 0 Å². The van der Waals surface area contributed by atoms with Crippen LogP contribution in [0, 0.1) is 0 Å². The van der Waals surface area contributed by atoms with Crippen LogP contribution in [0.5, 0.6) is 0 Å². The minimum Gasteiger partial charge on any atom is -0.380 e. The lowest BCUT2D eigenvalue weighted by Crippen LogP contribution is -2.39. The van der Waals surface area contributed by atoms with Gasteiger partial charge in [0.25, 0.3) is 0 Å². The van der Waals surface area contributed by atoms with Crippen LogP contribution in [0.25, 0.3) is 0 Å². The number of hydrogen-bond acceptors (Lipinski definition) is 4. The fourth-order valence-electron chi connectivity index (χ4n) is 2.52. The molecule has 116 valence electrons. The van der Waals surface area contributed by atoms with E-state index in [4.69, 9.17) is 10.5 Å². The smallest absolute Gasteiger partial charge is 0.222 e. The van der Waals surface area contributed by atoms with E-state index in [0.29, 0.717) is 13.0 Å². The zero-order valence-electron chi connectivity index (χ0n) is 12.2. The number of hydrogen-bond donors (Lipinski definition) is 2. The van der Waals surface area contributed by atoms with Gasteiger partial charge in [-0.2, -0.15) is 0 Å². The third-order valence-corrected chi connectivity index (χ3v) is 4.28. The number of nitrogens with one attached hydrogen (secondary N) is 1. The number of ether oxygens (including phenoxy) is 1. The van der Waals surface area contributed by atoms with E-state index in [1.54, 1.807) is 7.11 Å². The topological polar surface area (TPSA) is 67.6 Å². The molecule has 2 unspecified atom stereocenters. The summed E-state index contributed by atoms with van der Waals surface area (Å²) in [6, 6.07) is 8.43. The zero-order chi connectivity index (χ0) is 15.2. The lowest BCUT2D eigenvalue weighted by molar-refractivity contribution is -0.123. The number of benzene rings is 1. The van der Waals surface area contributed by atoms with Crippen LogP contribution in [-0.4, -0.2) is 44.8 Å². The van der Waals surface area contributed by atoms with Gasteiger partial charge in [0, 0.05) is 42.9 Å². The summed E-state index contributed by atoms with van der Waals surface area (Å²) in [7, 11) is 1.58. The number of rotatable bonds is 6. The second-order valence-corrected chi connectivity index (χ2v) is 6.19. The van der Waals surface area contributed by atoms with E-state index >= 15 is 0 Å². The number of carbonyl (C=O) groups is 1. The fourth-order valence-corrected chi connectivity index (χ4v) is 2.79. The van der Waals surface area contributed by atoms with E-state index < -0.39 is 0 Å². The van der Waals surface area contributed by atoms with Crippen molar-refractivity contribution in [2.45, 2.75) is 25.0 Å². The van der Waals surface area contributed by atoms with Crippen LogP contribution in [0.1, 0.15) is 12.8 Å². The first-order valence-electron chi connectivity index (χ1n) is 7.15. The Kier molecular flexibility index (Phi) is 6.02. The molecule has 0 spiro atoms. The number of nitrogens with two attached hydrogens (primary N) is 1. The molecule has 1 amide bonds. The molecule has 6 heteroatoms. The molecule has 0 aromatic heterocycles. The van der Waals surface area contributed by atoms with Gasteiger partial charge in [-0.15, -0.1) is 0 Å². The molecule has 5 nitrogen and oxygen atoms in total. The summed E-state index contributed by atoms with van der Waals surface area (Å²) in [5, 5.41) is 3.06. The number of methoxy groups -OCH3 is 1. The van der Waals surface area contributed by atoms with Crippen LogP contribution < -0.4 is 16.0 Å². The molecule has 0 aliphatic carbocycles. The van der Waals surface area contributed by atoms with Crippen LogP contribution >= 0.6 is 15.9 Å². The lowest BCUT2D eigenvalue weighted by Gasteiger charge is -2.20. The minimum atomic E-state index is -0.200. The fraction of sp³-hybridized carbons (Fsp3) is 0.533. The first-order chi connectivity index (χ1) is 10.1. The molecule has 2 atom stereocenters. The monoisotopic (exact) mass is 355 g/mol. The van der Waals surface area contributed by atoms with Gasteiger partial charge in [0.05, 0.1) is 12.5 Å². The first kappa shape index (κ1) is 16.3. The van der Waals surface area contributed by atoms with Crippen LogP contribution in [0.15, 0.2) is 28.7 Å². The molecule has 0 radical (unpaired) electrons. The number of carbonyl (C=O) groups excluding carboxylic acids is 1. The van der Waals surface area contributed by atoms with Crippen molar-refractivity contribution in [2.24, 2.45) is 5.73 Å². The Morgan fingerprint density at radius 3 is 2.86 bits per heavy atom. The van der Waals surface area contributed by atoms with E-state index in [0.717, 1.165) is 24.0 Å². The molecule has 1 aromatic carbocycles. The second-order valence-electron chi connectivity index (χ2n) is 5.27. The minimum absolute atomic E-state index is 0.00922. The van der Waals surface area contributed by atoms with Crippen molar-refractivity contribution in [3.63, 3.8) is 0 Å². The van der Waals surface area contributed by atoms with Crippen LogP contribution in [0.3, 0.4) is 0 Å². The van der Waals surface area contributed by atoms with E-state index in [-0.39, 0.29) is 18.1 Å². The van der Waals surface area contributed by atoms with E-state index in [1.165, 1.54) is 5.69 Å². The first-order valence-corrected chi connectivity index (χ1v) is 7.94. The molecule has 1 aromatic rings. The van der Waals surface area contributed by atoms with Crippen molar-refractivity contribution >= 4 is 27.5 Å². The van der Waals surface area contributed by atoms with E-state index in [1.807, 2.05) is 12.1 Å². The molecule has 1 aliphatic rings. The van der Waals surface area contributed by atoms with Crippen molar-refractivity contribution in [2.75, 3.05) is 31.6 Å². The molecule has 1 fully saturated rings. The number of nitrogens with zero attached hydrogens (tertiary/aromatic N) is 1. The van der Waals surface area contributed by atoms with Gasteiger partial charge < -0.3 is 20.7 Å². The highest BCUT2D eigenvalue weighted by Crippen LogP contribution is 2.22. The predicted octanol–water partition coefficient (Wildman–Crippen LogP) is 1.51. The number of halogens is 1. The van der Waals surface area contributed by atoms with Crippen LogP contribution in [0.4, 0.5) is 5.69 Å². The maximum absolute atomic E-state index is 11.9. The Labute approximate surface area is 134 Å². The average molecular weight is 356 g/mol.